The van der Waals surface area contributed by atoms with E-state index in [0.717, 1.165) is 29.6 Å². The van der Waals surface area contributed by atoms with Gasteiger partial charge in [-0.05, 0) is 25.2 Å². The quantitative estimate of drug-likeness (QED) is 0.158. The first-order valence-electron chi connectivity index (χ1n) is 6.08. The molecule has 0 rings (SSSR count). The number of hydrogen-bond donors (Lipinski definition) is 0. The Morgan fingerprint density at radius 1 is 1.39 bits per heavy atom. The molecule has 0 spiro atoms. The van der Waals surface area contributed by atoms with Crippen LogP contribution >= 0.6 is 23.0 Å². The van der Waals surface area contributed by atoms with Crippen molar-refractivity contribution in [2.24, 2.45) is 5.92 Å². The molecule has 0 aliphatic heterocycles. The molecule has 6 heteroatoms. The normalized spacial score (nSPS) is 11.5. The van der Waals surface area contributed by atoms with Gasteiger partial charge in [0.15, 0.2) is 0 Å². The zero-order valence-corrected chi connectivity index (χ0v) is 16.0. The summed E-state index contributed by atoms with van der Waals surface area (Å²) in [4.78, 5) is 11.3. The molecular weight excluding hydrogens is 295 g/mol. The van der Waals surface area contributed by atoms with Crippen LogP contribution in [0.5, 0.6) is 0 Å². The van der Waals surface area contributed by atoms with Crippen LogP contribution in [0.2, 0.25) is 0 Å². The van der Waals surface area contributed by atoms with Gasteiger partial charge in [-0.1, -0.05) is 38.9 Å². The number of unbranched alkanes of at least 4 members (excludes halogenated alkanes) is 1. The Morgan fingerprint density at radius 3 is 2.61 bits per heavy atom. The maximum atomic E-state index is 11.3. The number of carbonyl (C=O) groups is 1. The van der Waals surface area contributed by atoms with Gasteiger partial charge in [0.1, 0.15) is 0 Å². The number of esters is 1. The Labute approximate surface area is 147 Å². The van der Waals surface area contributed by atoms with E-state index in [9.17, 15) is 4.79 Å². The van der Waals surface area contributed by atoms with Gasteiger partial charge in [0, 0.05) is 4.20 Å². The molecule has 2 nitrogen and oxygen atoms in total. The van der Waals surface area contributed by atoms with Gasteiger partial charge in [0.25, 0.3) is 0 Å². The number of hydrogen-bond acceptors (Lipinski definition) is 5. The van der Waals surface area contributed by atoms with Gasteiger partial charge in [-0.25, -0.2) is 0 Å². The van der Waals surface area contributed by atoms with Crippen molar-refractivity contribution < 1.29 is 39.1 Å². The van der Waals surface area contributed by atoms with E-state index >= 15 is 0 Å². The van der Waals surface area contributed by atoms with Gasteiger partial charge >= 0.3 is 35.5 Å². The molecule has 1 unspecified atom stereocenters. The van der Waals surface area contributed by atoms with Crippen LogP contribution in [0.3, 0.4) is 0 Å². The van der Waals surface area contributed by atoms with E-state index < -0.39 is 0 Å². The molecule has 0 saturated carbocycles. The maximum absolute atomic E-state index is 11.3. The fraction of sp³-hybridized carbons (Fsp3) is 0.833. The third-order valence-electron chi connectivity index (χ3n) is 2.68. The van der Waals surface area contributed by atoms with Gasteiger partial charge in [-0.15, -0.1) is 0 Å². The first-order chi connectivity index (χ1) is 8.10. The van der Waals surface area contributed by atoms with Gasteiger partial charge in [-0.3, -0.25) is 15.6 Å². The van der Waals surface area contributed by atoms with Crippen molar-refractivity contribution in [3.05, 3.63) is 0 Å². The summed E-state index contributed by atoms with van der Waals surface area (Å²) in [6, 6.07) is 0. The zero-order chi connectivity index (χ0) is 13.1. The van der Waals surface area contributed by atoms with Gasteiger partial charge in [-0.2, -0.15) is 0 Å². The van der Waals surface area contributed by atoms with E-state index in [0.29, 0.717) is 23.6 Å². The Balaban J connectivity index is 0. The van der Waals surface area contributed by atoms with Crippen LogP contribution in [0.4, 0.5) is 0 Å². The summed E-state index contributed by atoms with van der Waals surface area (Å²) < 4.78 is 5.80. The molecule has 0 heterocycles. The van der Waals surface area contributed by atoms with E-state index in [2.05, 4.69) is 13.8 Å². The van der Waals surface area contributed by atoms with Crippen LogP contribution in [-0.4, -0.2) is 16.8 Å². The molecule has 0 amide bonds. The molecule has 0 radical (unpaired) electrons. The van der Waals surface area contributed by atoms with E-state index in [1.165, 1.54) is 12.8 Å². The molecular formula is C12H21NaO2S3. The first-order valence-corrected chi connectivity index (χ1v) is 8.23. The Morgan fingerprint density at radius 2 is 2.06 bits per heavy atom. The molecule has 0 fully saturated rings. The number of thiocarbonyl (C=S) groups is 1. The summed E-state index contributed by atoms with van der Waals surface area (Å²) in [6.45, 7) is 4.98. The minimum Gasteiger partial charge on any atom is -0.713 e. The summed E-state index contributed by atoms with van der Waals surface area (Å²) in [6.07, 6.45) is 5.42. The summed E-state index contributed by atoms with van der Waals surface area (Å²) in [7, 11) is 1.11. The Bertz CT molecular complexity index is 237. The van der Waals surface area contributed by atoms with Crippen molar-refractivity contribution in [1.29, 1.82) is 0 Å². The van der Waals surface area contributed by atoms with Crippen molar-refractivity contribution in [3.8, 4) is 0 Å². The van der Waals surface area contributed by atoms with Crippen LogP contribution in [-0.2, 0) is 21.2 Å². The molecule has 18 heavy (non-hydrogen) atoms. The average molecular weight is 316 g/mol. The van der Waals surface area contributed by atoms with Crippen LogP contribution in [0, 0.1) is 5.92 Å². The Kier molecular flexibility index (Phi) is 17.6. The summed E-state index contributed by atoms with van der Waals surface area (Å²) in [5, 5.41) is 0. The summed E-state index contributed by atoms with van der Waals surface area (Å²) in [5.41, 5.74) is 0. The fourth-order valence-electron chi connectivity index (χ4n) is 1.30. The van der Waals surface area contributed by atoms with E-state index in [-0.39, 0.29) is 35.5 Å². The van der Waals surface area contributed by atoms with Crippen LogP contribution in [0.25, 0.3) is 0 Å². The standard InChI is InChI=1S/C12H22O2S3.Na/c1-3-10(2)6-4-5-9-14-11(13)7-8-12(15)17-16;/h10,16H,3-9H2,1-2H3;/q;+1/p-1. The van der Waals surface area contributed by atoms with Gasteiger partial charge < -0.3 is 16.4 Å². The van der Waals surface area contributed by atoms with Crippen LogP contribution in [0.1, 0.15) is 52.4 Å². The molecule has 0 bridgehead atoms. The molecule has 0 saturated heterocycles. The van der Waals surface area contributed by atoms with Gasteiger partial charge in [0.05, 0.1) is 13.0 Å². The fourth-order valence-corrected chi connectivity index (χ4v) is 1.84. The molecule has 0 N–H and O–H groups in total. The molecule has 0 aromatic rings. The third-order valence-corrected chi connectivity index (χ3v) is 4.44. The third kappa shape index (κ3) is 13.7. The number of rotatable bonds is 9. The van der Waals surface area contributed by atoms with Crippen molar-refractivity contribution in [3.63, 3.8) is 0 Å². The van der Waals surface area contributed by atoms with E-state index in [4.69, 9.17) is 28.6 Å². The molecule has 0 aromatic carbocycles. The minimum atomic E-state index is -0.167. The maximum Gasteiger partial charge on any atom is 1.00 e. The number of carbonyl (C=O) groups excluding carboxylic acids is 1. The van der Waals surface area contributed by atoms with Crippen molar-refractivity contribution in [1.82, 2.24) is 0 Å². The van der Waals surface area contributed by atoms with E-state index in [1.807, 2.05) is 0 Å². The van der Waals surface area contributed by atoms with Crippen LogP contribution < -0.4 is 29.6 Å². The predicted molar refractivity (Wildman–Crippen MR) is 81.1 cm³/mol. The largest absolute Gasteiger partial charge is 1.00 e. The second-order valence-corrected chi connectivity index (χ2v) is 6.10. The monoisotopic (exact) mass is 316 g/mol. The van der Waals surface area contributed by atoms with Crippen LogP contribution in [0.15, 0.2) is 0 Å². The van der Waals surface area contributed by atoms with Crippen molar-refractivity contribution >= 4 is 44.8 Å². The summed E-state index contributed by atoms with van der Waals surface area (Å²) >= 11 is 9.63. The first kappa shape index (κ1) is 21.6. The summed E-state index contributed by atoms with van der Waals surface area (Å²) in [5.74, 6) is 0.604. The minimum absolute atomic E-state index is 0. The Hall–Kier alpha value is 1.26. The zero-order valence-electron chi connectivity index (χ0n) is 11.6. The second kappa shape index (κ2) is 14.7. The molecule has 0 aliphatic rings. The van der Waals surface area contributed by atoms with E-state index in [1.54, 1.807) is 0 Å². The molecule has 1 atom stereocenters. The topological polar surface area (TPSA) is 26.3 Å². The second-order valence-electron chi connectivity index (χ2n) is 4.19. The van der Waals surface area contributed by atoms with Crippen molar-refractivity contribution in [2.45, 2.75) is 52.4 Å². The molecule has 0 aliphatic carbocycles. The van der Waals surface area contributed by atoms with Gasteiger partial charge in [0.2, 0.25) is 0 Å². The molecule has 100 valence electrons. The average Bonchev–Trinajstić information content (AvgIpc) is 2.34. The smallest absolute Gasteiger partial charge is 0.713 e. The van der Waals surface area contributed by atoms with Crippen molar-refractivity contribution in [2.75, 3.05) is 6.61 Å². The number of ether oxygens (including phenoxy) is 1. The SMILES string of the molecule is CCC(C)CCCCOC(=O)CCC(=S)S[S-].[Na+]. The predicted octanol–water partition coefficient (Wildman–Crippen LogP) is 1.05. The molecule has 0 aromatic heterocycles.